The number of hydrogen-bond acceptors (Lipinski definition) is 1. The van der Waals surface area contributed by atoms with Gasteiger partial charge in [-0.3, -0.25) is 0 Å². The largest absolute Gasteiger partial charge is 0.506 e. The van der Waals surface area contributed by atoms with Crippen molar-refractivity contribution in [3.63, 3.8) is 0 Å². The summed E-state index contributed by atoms with van der Waals surface area (Å²) in [5.74, 6) is 0.250. The molecule has 0 unspecified atom stereocenters. The lowest BCUT2D eigenvalue weighted by molar-refractivity contribution is 0.480. The number of hydrogen-bond donors (Lipinski definition) is 2. The number of nitrogens with one attached hydrogen (secondary N) is 1. The van der Waals surface area contributed by atoms with E-state index in [1.54, 1.807) is 6.07 Å². The fourth-order valence-corrected chi connectivity index (χ4v) is 2.19. The van der Waals surface area contributed by atoms with E-state index in [1.807, 2.05) is 30.3 Å². The molecule has 0 saturated heterocycles. The normalized spacial score (nSPS) is 11.3. The van der Waals surface area contributed by atoms with E-state index in [0.29, 0.717) is 5.02 Å². The Kier molecular flexibility index (Phi) is 1.67. The van der Waals surface area contributed by atoms with E-state index in [1.165, 1.54) is 0 Å². The number of phenols is 1. The van der Waals surface area contributed by atoms with Gasteiger partial charge in [0.05, 0.1) is 10.5 Å². The van der Waals surface area contributed by atoms with Crippen LogP contribution < -0.4 is 0 Å². The standard InChI is InChI=1S/C12H8ClNO/c13-8-4-2-5-9-11(8)7-3-1-6-10(15)12(7)14-9/h1-6,14-15H. The van der Waals surface area contributed by atoms with Gasteiger partial charge in [-0.15, -0.1) is 0 Å². The van der Waals surface area contributed by atoms with Crippen LogP contribution in [0.15, 0.2) is 36.4 Å². The van der Waals surface area contributed by atoms with Gasteiger partial charge in [0.25, 0.3) is 0 Å². The molecule has 0 saturated carbocycles. The van der Waals surface area contributed by atoms with Crippen LogP contribution in [0.4, 0.5) is 0 Å². The van der Waals surface area contributed by atoms with E-state index in [-0.39, 0.29) is 5.75 Å². The van der Waals surface area contributed by atoms with Crippen LogP contribution in [-0.2, 0) is 0 Å². The molecule has 15 heavy (non-hydrogen) atoms. The van der Waals surface area contributed by atoms with Crippen LogP contribution in [0, 0.1) is 0 Å². The predicted octanol–water partition coefficient (Wildman–Crippen LogP) is 3.68. The van der Waals surface area contributed by atoms with Gasteiger partial charge in [-0.2, -0.15) is 0 Å². The SMILES string of the molecule is Oc1cccc2c1[nH]c1cccc(Cl)c12. The highest BCUT2D eigenvalue weighted by Crippen LogP contribution is 2.34. The molecule has 2 aromatic carbocycles. The van der Waals surface area contributed by atoms with Crippen LogP contribution in [0.1, 0.15) is 0 Å². The quantitative estimate of drug-likeness (QED) is 0.592. The van der Waals surface area contributed by atoms with Crippen LogP contribution >= 0.6 is 11.6 Å². The Hall–Kier alpha value is -1.67. The molecule has 2 N–H and O–H groups in total. The highest BCUT2D eigenvalue weighted by atomic mass is 35.5. The van der Waals surface area contributed by atoms with Crippen molar-refractivity contribution in [2.24, 2.45) is 0 Å². The zero-order valence-electron chi connectivity index (χ0n) is 7.79. The summed E-state index contributed by atoms with van der Waals surface area (Å²) >= 11 is 6.13. The minimum atomic E-state index is 0.250. The van der Waals surface area contributed by atoms with Crippen molar-refractivity contribution < 1.29 is 5.11 Å². The maximum atomic E-state index is 9.69. The Morgan fingerprint density at radius 1 is 1.07 bits per heavy atom. The first-order chi connectivity index (χ1) is 7.27. The summed E-state index contributed by atoms with van der Waals surface area (Å²) in [6.45, 7) is 0. The van der Waals surface area contributed by atoms with E-state index < -0.39 is 0 Å². The molecule has 0 aliphatic carbocycles. The molecular formula is C12H8ClNO. The summed E-state index contributed by atoms with van der Waals surface area (Å²) in [5.41, 5.74) is 1.68. The van der Waals surface area contributed by atoms with Crippen molar-refractivity contribution in [1.82, 2.24) is 4.98 Å². The number of benzene rings is 2. The highest BCUT2D eigenvalue weighted by Gasteiger charge is 2.09. The van der Waals surface area contributed by atoms with Crippen molar-refractivity contribution in [1.29, 1.82) is 0 Å². The van der Waals surface area contributed by atoms with Gasteiger partial charge in [-0.05, 0) is 18.2 Å². The molecule has 0 aliphatic rings. The van der Waals surface area contributed by atoms with Crippen molar-refractivity contribution in [3.05, 3.63) is 41.4 Å². The maximum Gasteiger partial charge on any atom is 0.139 e. The Morgan fingerprint density at radius 3 is 2.73 bits per heavy atom. The van der Waals surface area contributed by atoms with Crippen molar-refractivity contribution >= 4 is 33.4 Å². The highest BCUT2D eigenvalue weighted by molar-refractivity contribution is 6.38. The van der Waals surface area contributed by atoms with Crippen LogP contribution in [0.25, 0.3) is 21.8 Å². The van der Waals surface area contributed by atoms with E-state index in [0.717, 1.165) is 21.8 Å². The number of para-hydroxylation sites is 1. The van der Waals surface area contributed by atoms with Gasteiger partial charge in [-0.25, -0.2) is 0 Å². The van der Waals surface area contributed by atoms with Crippen molar-refractivity contribution in [2.75, 3.05) is 0 Å². The minimum absolute atomic E-state index is 0.250. The number of aromatic hydroxyl groups is 1. The molecule has 0 fully saturated rings. The lowest BCUT2D eigenvalue weighted by atomic mass is 10.1. The topological polar surface area (TPSA) is 36.0 Å². The van der Waals surface area contributed by atoms with Crippen molar-refractivity contribution in [2.45, 2.75) is 0 Å². The minimum Gasteiger partial charge on any atom is -0.506 e. The third-order valence-electron chi connectivity index (χ3n) is 2.59. The van der Waals surface area contributed by atoms with E-state index in [4.69, 9.17) is 11.6 Å². The third-order valence-corrected chi connectivity index (χ3v) is 2.90. The monoisotopic (exact) mass is 217 g/mol. The van der Waals surface area contributed by atoms with Crippen LogP contribution in [-0.4, -0.2) is 10.1 Å². The fraction of sp³-hybridized carbons (Fsp3) is 0. The Morgan fingerprint density at radius 2 is 1.87 bits per heavy atom. The summed E-state index contributed by atoms with van der Waals surface area (Å²) in [7, 11) is 0. The Balaban J connectivity index is 2.65. The first-order valence-corrected chi connectivity index (χ1v) is 5.03. The molecule has 0 radical (unpaired) electrons. The summed E-state index contributed by atoms with van der Waals surface area (Å²) in [6.07, 6.45) is 0. The molecule has 1 heterocycles. The van der Waals surface area contributed by atoms with Gasteiger partial charge in [-0.1, -0.05) is 29.8 Å². The predicted molar refractivity (Wildman–Crippen MR) is 62.5 cm³/mol. The summed E-state index contributed by atoms with van der Waals surface area (Å²) in [4.78, 5) is 3.15. The third kappa shape index (κ3) is 1.12. The zero-order valence-corrected chi connectivity index (χ0v) is 8.55. The number of rotatable bonds is 0. The number of aromatic nitrogens is 1. The van der Waals surface area contributed by atoms with Gasteiger partial charge < -0.3 is 10.1 Å². The molecule has 0 atom stereocenters. The van der Waals surface area contributed by atoms with Crippen LogP contribution in [0.3, 0.4) is 0 Å². The van der Waals surface area contributed by atoms with Crippen LogP contribution in [0.5, 0.6) is 5.75 Å². The zero-order chi connectivity index (χ0) is 10.4. The number of halogens is 1. The summed E-state index contributed by atoms with van der Waals surface area (Å²) < 4.78 is 0. The van der Waals surface area contributed by atoms with Crippen LogP contribution in [0.2, 0.25) is 5.02 Å². The smallest absolute Gasteiger partial charge is 0.139 e. The maximum absolute atomic E-state index is 9.69. The molecule has 1 aromatic heterocycles. The first kappa shape index (κ1) is 8.62. The number of aromatic amines is 1. The molecular weight excluding hydrogens is 210 g/mol. The number of H-pyrrole nitrogens is 1. The second-order valence-corrected chi connectivity index (χ2v) is 3.89. The molecule has 0 aliphatic heterocycles. The molecule has 3 heteroatoms. The average molecular weight is 218 g/mol. The second kappa shape index (κ2) is 2.91. The number of fused-ring (bicyclic) bond motifs is 3. The lowest BCUT2D eigenvalue weighted by Crippen LogP contribution is -1.68. The van der Waals surface area contributed by atoms with Gasteiger partial charge >= 0.3 is 0 Å². The summed E-state index contributed by atoms with van der Waals surface area (Å²) in [6, 6.07) is 11.1. The Bertz CT molecular complexity index is 657. The molecule has 0 amide bonds. The second-order valence-electron chi connectivity index (χ2n) is 3.49. The van der Waals surface area contributed by atoms with Gasteiger partial charge in [0.15, 0.2) is 0 Å². The van der Waals surface area contributed by atoms with E-state index in [2.05, 4.69) is 4.98 Å². The molecule has 74 valence electrons. The summed E-state index contributed by atoms with van der Waals surface area (Å²) in [5, 5.41) is 12.3. The molecule has 3 aromatic rings. The first-order valence-electron chi connectivity index (χ1n) is 4.65. The lowest BCUT2D eigenvalue weighted by Gasteiger charge is -1.94. The average Bonchev–Trinajstić information content (AvgIpc) is 2.59. The number of phenolic OH excluding ortho intramolecular Hbond substituents is 1. The molecule has 3 rings (SSSR count). The van der Waals surface area contributed by atoms with Gasteiger partial charge in [0.1, 0.15) is 5.75 Å². The Labute approximate surface area is 91.1 Å². The van der Waals surface area contributed by atoms with Gasteiger partial charge in [0, 0.05) is 16.3 Å². The molecule has 0 bridgehead atoms. The van der Waals surface area contributed by atoms with Gasteiger partial charge in [0.2, 0.25) is 0 Å². The van der Waals surface area contributed by atoms with E-state index >= 15 is 0 Å². The molecule has 2 nitrogen and oxygen atoms in total. The van der Waals surface area contributed by atoms with Crippen molar-refractivity contribution in [3.8, 4) is 5.75 Å². The van der Waals surface area contributed by atoms with E-state index in [9.17, 15) is 5.11 Å². The fourth-order valence-electron chi connectivity index (χ4n) is 1.92. The molecule has 0 spiro atoms.